The highest BCUT2D eigenvalue weighted by atomic mass is 35.5. The van der Waals surface area contributed by atoms with Crippen LogP contribution in [0.3, 0.4) is 0 Å². The highest BCUT2D eigenvalue weighted by Gasteiger charge is 2.25. The molecule has 3 heterocycles. The van der Waals surface area contributed by atoms with Crippen LogP contribution in [0.5, 0.6) is 0 Å². The quantitative estimate of drug-likeness (QED) is 0.340. The van der Waals surface area contributed by atoms with E-state index in [1.165, 1.54) is 18.2 Å². The Morgan fingerprint density at radius 3 is 2.60 bits per heavy atom. The normalized spacial score (nSPS) is 16.4. The second-order valence-corrected chi connectivity index (χ2v) is 10.3. The average Bonchev–Trinajstić information content (AvgIpc) is 3.10. The first kappa shape index (κ1) is 26.0. The van der Waals surface area contributed by atoms with Crippen molar-refractivity contribution in [1.29, 1.82) is 0 Å². The highest BCUT2D eigenvalue weighted by Crippen LogP contribution is 2.34. The lowest BCUT2D eigenvalue weighted by molar-refractivity contribution is 0.0709. The fourth-order valence-electron chi connectivity index (χ4n) is 5.05. The number of amides is 1. The number of halogens is 3. The van der Waals surface area contributed by atoms with Crippen molar-refractivity contribution in [2.45, 2.75) is 19.5 Å². The Hall–Kier alpha value is -4.21. The van der Waals surface area contributed by atoms with E-state index in [9.17, 15) is 13.6 Å². The molecule has 0 aliphatic carbocycles. The fourth-order valence-corrected chi connectivity index (χ4v) is 5.22. The molecule has 2 aliphatic rings. The second kappa shape index (κ2) is 10.7. The Bertz CT molecular complexity index is 1620. The summed E-state index contributed by atoms with van der Waals surface area (Å²) in [6.45, 7) is 4.31. The van der Waals surface area contributed by atoms with Crippen LogP contribution in [0.25, 0.3) is 11.3 Å². The van der Waals surface area contributed by atoms with Gasteiger partial charge in [0.15, 0.2) is 0 Å². The standard InChI is InChI=1S/C30H25ClF2N6O/c1-17-16-39(12-11-34-17)29(40)18-5-8-21(9-6-18)37-30-36-15-19-14-35-28(26-24(32)3-2-4-25(26)33)23-13-20(31)7-10-22(23)27(19)38-30/h2-10,13,15,17,34H,11-12,14,16H2,1H3,(H,36,37,38)/t17-/m0/s1. The number of carbonyl (C=O) groups excluding carboxylic acids is 1. The molecular formula is C30H25ClF2N6O. The first-order chi connectivity index (χ1) is 19.4. The van der Waals surface area contributed by atoms with E-state index in [0.717, 1.165) is 6.54 Å². The number of benzene rings is 3. The molecule has 0 saturated carbocycles. The van der Waals surface area contributed by atoms with Gasteiger partial charge in [-0.3, -0.25) is 9.79 Å². The number of nitrogens with one attached hydrogen (secondary N) is 2. The van der Waals surface area contributed by atoms with Crippen LogP contribution < -0.4 is 10.6 Å². The van der Waals surface area contributed by atoms with Gasteiger partial charge in [0.05, 0.1) is 23.5 Å². The van der Waals surface area contributed by atoms with E-state index in [4.69, 9.17) is 16.6 Å². The molecule has 40 heavy (non-hydrogen) atoms. The molecular weight excluding hydrogens is 534 g/mol. The Morgan fingerprint density at radius 1 is 1.07 bits per heavy atom. The van der Waals surface area contributed by atoms with Crippen LogP contribution in [-0.4, -0.2) is 52.2 Å². The summed E-state index contributed by atoms with van der Waals surface area (Å²) in [7, 11) is 0. The lowest BCUT2D eigenvalue weighted by atomic mass is 9.95. The Kier molecular flexibility index (Phi) is 7.00. The lowest BCUT2D eigenvalue weighted by Crippen LogP contribution is -2.51. The zero-order valence-electron chi connectivity index (χ0n) is 21.6. The van der Waals surface area contributed by atoms with Crippen LogP contribution in [0.1, 0.15) is 34.0 Å². The van der Waals surface area contributed by atoms with Crippen molar-refractivity contribution in [3.63, 3.8) is 0 Å². The predicted molar refractivity (Wildman–Crippen MR) is 151 cm³/mol. The summed E-state index contributed by atoms with van der Waals surface area (Å²) in [5, 5.41) is 6.94. The number of hydrogen-bond acceptors (Lipinski definition) is 6. The third kappa shape index (κ3) is 5.05. The molecule has 1 atom stereocenters. The minimum absolute atomic E-state index is 0.00135. The van der Waals surface area contributed by atoms with E-state index in [1.807, 2.05) is 17.0 Å². The van der Waals surface area contributed by atoms with Crippen molar-refractivity contribution in [3.8, 4) is 11.3 Å². The summed E-state index contributed by atoms with van der Waals surface area (Å²) >= 11 is 6.30. The number of anilines is 2. The summed E-state index contributed by atoms with van der Waals surface area (Å²) < 4.78 is 29.6. The molecule has 1 fully saturated rings. The minimum atomic E-state index is -0.711. The SMILES string of the molecule is C[C@H]1CN(C(=O)c2ccc(Nc3ncc4c(n3)-c3ccc(Cl)cc3C(c3c(F)cccc3F)=NC4)cc2)CCN1. The van der Waals surface area contributed by atoms with Gasteiger partial charge < -0.3 is 15.5 Å². The molecule has 0 unspecified atom stereocenters. The third-order valence-electron chi connectivity index (χ3n) is 7.01. The van der Waals surface area contributed by atoms with Gasteiger partial charge in [0, 0.05) is 64.8 Å². The van der Waals surface area contributed by atoms with Crippen LogP contribution in [0.2, 0.25) is 5.02 Å². The van der Waals surface area contributed by atoms with Crippen molar-refractivity contribution in [2.24, 2.45) is 4.99 Å². The number of aliphatic imine (C=N–C) groups is 1. The van der Waals surface area contributed by atoms with E-state index in [0.29, 0.717) is 57.7 Å². The average molecular weight is 559 g/mol. The van der Waals surface area contributed by atoms with Crippen molar-refractivity contribution in [3.05, 3.63) is 106 Å². The number of fused-ring (bicyclic) bond motifs is 3. The molecule has 4 aromatic rings. The summed E-state index contributed by atoms with van der Waals surface area (Å²) in [5.74, 6) is -1.09. The number of nitrogens with zero attached hydrogens (tertiary/aromatic N) is 4. The van der Waals surface area contributed by atoms with E-state index < -0.39 is 11.6 Å². The monoisotopic (exact) mass is 558 g/mol. The maximum atomic E-state index is 14.8. The van der Waals surface area contributed by atoms with Gasteiger partial charge >= 0.3 is 0 Å². The molecule has 0 spiro atoms. The number of carbonyl (C=O) groups is 1. The molecule has 3 aromatic carbocycles. The Balaban J connectivity index is 1.30. The van der Waals surface area contributed by atoms with Gasteiger partial charge in [-0.15, -0.1) is 0 Å². The first-order valence-corrected chi connectivity index (χ1v) is 13.3. The van der Waals surface area contributed by atoms with Crippen LogP contribution in [0.4, 0.5) is 20.4 Å². The molecule has 0 bridgehead atoms. The summed E-state index contributed by atoms with van der Waals surface area (Å²) in [6.07, 6.45) is 1.65. The van der Waals surface area contributed by atoms with Crippen LogP contribution in [-0.2, 0) is 6.54 Å². The second-order valence-electron chi connectivity index (χ2n) is 9.83. The van der Waals surface area contributed by atoms with E-state index >= 15 is 0 Å². The predicted octanol–water partition coefficient (Wildman–Crippen LogP) is 5.60. The van der Waals surface area contributed by atoms with E-state index in [2.05, 4.69) is 27.5 Å². The van der Waals surface area contributed by atoms with Gasteiger partial charge in [0.1, 0.15) is 11.6 Å². The van der Waals surface area contributed by atoms with Gasteiger partial charge in [-0.1, -0.05) is 23.7 Å². The van der Waals surface area contributed by atoms with Gasteiger partial charge in [0.2, 0.25) is 5.95 Å². The molecule has 1 saturated heterocycles. The molecule has 6 rings (SSSR count). The lowest BCUT2D eigenvalue weighted by Gasteiger charge is -2.32. The van der Waals surface area contributed by atoms with Gasteiger partial charge in [-0.25, -0.2) is 18.7 Å². The molecule has 2 aliphatic heterocycles. The zero-order chi connectivity index (χ0) is 27.8. The molecule has 1 aromatic heterocycles. The third-order valence-corrected chi connectivity index (χ3v) is 7.24. The van der Waals surface area contributed by atoms with Gasteiger partial charge in [-0.05, 0) is 55.5 Å². The number of rotatable bonds is 4. The van der Waals surface area contributed by atoms with Crippen molar-refractivity contribution in [2.75, 3.05) is 25.0 Å². The van der Waals surface area contributed by atoms with Crippen LogP contribution in [0, 0.1) is 11.6 Å². The van der Waals surface area contributed by atoms with E-state index in [-0.39, 0.29) is 29.8 Å². The molecule has 10 heteroatoms. The number of piperazine rings is 1. The number of aromatic nitrogens is 2. The summed E-state index contributed by atoms with van der Waals surface area (Å²) in [6, 6.07) is 16.3. The highest BCUT2D eigenvalue weighted by molar-refractivity contribution is 6.31. The summed E-state index contributed by atoms with van der Waals surface area (Å²) in [4.78, 5) is 28.5. The molecule has 7 nitrogen and oxygen atoms in total. The van der Waals surface area contributed by atoms with E-state index in [1.54, 1.807) is 36.5 Å². The Morgan fingerprint density at radius 2 is 1.85 bits per heavy atom. The molecule has 1 amide bonds. The first-order valence-electron chi connectivity index (χ1n) is 12.9. The van der Waals surface area contributed by atoms with Crippen LogP contribution in [0.15, 0.2) is 71.9 Å². The Labute approximate surface area is 235 Å². The van der Waals surface area contributed by atoms with Crippen molar-refractivity contribution in [1.82, 2.24) is 20.2 Å². The van der Waals surface area contributed by atoms with Gasteiger partial charge in [-0.2, -0.15) is 0 Å². The van der Waals surface area contributed by atoms with Crippen molar-refractivity contribution < 1.29 is 13.6 Å². The van der Waals surface area contributed by atoms with Crippen LogP contribution >= 0.6 is 11.6 Å². The smallest absolute Gasteiger partial charge is 0.253 e. The van der Waals surface area contributed by atoms with Gasteiger partial charge in [0.25, 0.3) is 5.91 Å². The number of hydrogen-bond donors (Lipinski definition) is 2. The maximum Gasteiger partial charge on any atom is 0.253 e. The van der Waals surface area contributed by atoms with Crippen molar-refractivity contribution >= 4 is 34.9 Å². The molecule has 0 radical (unpaired) electrons. The largest absolute Gasteiger partial charge is 0.336 e. The maximum absolute atomic E-state index is 14.8. The minimum Gasteiger partial charge on any atom is -0.336 e. The topological polar surface area (TPSA) is 82.5 Å². The zero-order valence-corrected chi connectivity index (χ0v) is 22.3. The fraction of sp³-hybridized carbons (Fsp3) is 0.200. The summed E-state index contributed by atoms with van der Waals surface area (Å²) in [5.41, 5.74) is 3.67. The molecule has 2 N–H and O–H groups in total. The molecule has 202 valence electrons.